The average Bonchev–Trinajstić information content (AvgIpc) is 2.34. The first-order valence-corrected chi connectivity index (χ1v) is 8.19. The molecule has 0 aromatic rings. The van der Waals surface area contributed by atoms with Crippen LogP contribution in [0.1, 0.15) is 85.5 Å². The molecule has 0 rings (SSSR count). The molecule has 0 aliphatic rings. The fourth-order valence-corrected chi connectivity index (χ4v) is 1.83. The Morgan fingerprint density at radius 1 is 0.682 bits per heavy atom. The van der Waals surface area contributed by atoms with Crippen molar-refractivity contribution in [3.63, 3.8) is 0 Å². The van der Waals surface area contributed by atoms with E-state index in [-0.39, 0.29) is 17.1 Å². The number of unbranched alkanes of at least 4 members (excludes halogenated alkanes) is 3. The molecule has 0 amide bonds. The van der Waals surface area contributed by atoms with Crippen LogP contribution in [0.4, 0.5) is 0 Å². The summed E-state index contributed by atoms with van der Waals surface area (Å²) in [7, 11) is 0. The quantitative estimate of drug-likeness (QED) is 0.400. The summed E-state index contributed by atoms with van der Waals surface area (Å²) in [6.07, 6.45) is 7.96. The average molecular weight is 366 g/mol. The molecule has 0 aromatic heterocycles. The molecule has 0 saturated carbocycles. The van der Waals surface area contributed by atoms with Crippen molar-refractivity contribution in [2.24, 2.45) is 11.8 Å². The number of aliphatic carboxylic acids is 2. The van der Waals surface area contributed by atoms with Gasteiger partial charge in [0.15, 0.2) is 0 Å². The zero-order valence-electron chi connectivity index (χ0n) is 14.5. The van der Waals surface area contributed by atoms with Crippen molar-refractivity contribution < 1.29 is 36.9 Å². The topological polar surface area (TPSA) is 74.6 Å². The van der Waals surface area contributed by atoms with Gasteiger partial charge in [0.25, 0.3) is 0 Å². The summed E-state index contributed by atoms with van der Waals surface area (Å²) in [4.78, 5) is 20.1. The molecule has 0 unspecified atom stereocenters. The molecule has 0 fully saturated rings. The van der Waals surface area contributed by atoms with Crippen LogP contribution >= 0.6 is 0 Å². The van der Waals surface area contributed by atoms with Crippen LogP contribution in [0.5, 0.6) is 0 Å². The molecule has 5 heteroatoms. The first-order chi connectivity index (χ1) is 9.75. The van der Waals surface area contributed by atoms with Crippen LogP contribution < -0.4 is 0 Å². The summed E-state index contributed by atoms with van der Waals surface area (Å²) in [5.74, 6) is 0.104. The van der Waals surface area contributed by atoms with Crippen LogP contribution in [-0.2, 0) is 26.7 Å². The summed E-state index contributed by atoms with van der Waals surface area (Å²) < 4.78 is 0. The van der Waals surface area contributed by atoms with Gasteiger partial charge in [0, 0.05) is 29.9 Å². The molecule has 22 heavy (non-hydrogen) atoms. The molecular formula is C17H34CuO4. The Kier molecular flexibility index (Phi) is 22.2. The first kappa shape index (κ1) is 26.4. The van der Waals surface area contributed by atoms with Gasteiger partial charge in [-0.1, -0.05) is 59.8 Å². The van der Waals surface area contributed by atoms with Crippen molar-refractivity contribution in [2.75, 3.05) is 0 Å². The van der Waals surface area contributed by atoms with Crippen molar-refractivity contribution in [3.05, 3.63) is 0 Å². The van der Waals surface area contributed by atoms with Crippen LogP contribution in [0.15, 0.2) is 0 Å². The van der Waals surface area contributed by atoms with E-state index in [2.05, 4.69) is 27.7 Å². The molecule has 0 aromatic carbocycles. The van der Waals surface area contributed by atoms with Gasteiger partial charge >= 0.3 is 11.9 Å². The smallest absolute Gasteiger partial charge is 0.303 e. The van der Waals surface area contributed by atoms with E-state index in [0.29, 0.717) is 18.8 Å². The Bertz CT molecular complexity index is 265. The molecule has 0 atom stereocenters. The third-order valence-electron chi connectivity index (χ3n) is 3.09. The summed E-state index contributed by atoms with van der Waals surface area (Å²) >= 11 is 0. The van der Waals surface area contributed by atoms with Gasteiger partial charge in [-0.15, -0.1) is 0 Å². The van der Waals surface area contributed by atoms with Crippen molar-refractivity contribution in [2.45, 2.75) is 85.5 Å². The molecule has 0 bridgehead atoms. The zero-order valence-corrected chi connectivity index (χ0v) is 15.5. The van der Waals surface area contributed by atoms with E-state index in [0.717, 1.165) is 38.0 Å². The van der Waals surface area contributed by atoms with Gasteiger partial charge in [0.1, 0.15) is 0 Å². The minimum Gasteiger partial charge on any atom is -0.481 e. The van der Waals surface area contributed by atoms with E-state index < -0.39 is 11.9 Å². The Labute approximate surface area is 146 Å². The fraction of sp³-hybridized carbons (Fsp3) is 0.882. The van der Waals surface area contributed by atoms with E-state index in [9.17, 15) is 9.59 Å². The Balaban J connectivity index is -0.000000315. The number of carboxylic acids is 2. The molecule has 4 nitrogen and oxygen atoms in total. The molecule has 0 aliphatic carbocycles. The summed E-state index contributed by atoms with van der Waals surface area (Å²) in [5, 5.41) is 16.6. The summed E-state index contributed by atoms with van der Waals surface area (Å²) in [6, 6.07) is 0. The van der Waals surface area contributed by atoms with E-state index in [1.807, 2.05) is 0 Å². The Morgan fingerprint density at radius 3 is 1.32 bits per heavy atom. The van der Waals surface area contributed by atoms with Gasteiger partial charge in [-0.05, 0) is 24.7 Å². The van der Waals surface area contributed by atoms with Crippen molar-refractivity contribution >= 4 is 11.9 Å². The SMILES string of the molecule is CC(C)CCCCC(=O)O.CC(C)CCCCCC(=O)O.[Cu]. The molecular weight excluding hydrogens is 332 g/mol. The van der Waals surface area contributed by atoms with Gasteiger partial charge < -0.3 is 10.2 Å². The van der Waals surface area contributed by atoms with Crippen LogP contribution in [0.3, 0.4) is 0 Å². The summed E-state index contributed by atoms with van der Waals surface area (Å²) in [5.41, 5.74) is 0. The molecule has 1 radical (unpaired) electrons. The van der Waals surface area contributed by atoms with Crippen molar-refractivity contribution in [1.29, 1.82) is 0 Å². The van der Waals surface area contributed by atoms with E-state index in [1.54, 1.807) is 0 Å². The normalized spacial score (nSPS) is 9.91. The molecule has 2 N–H and O–H groups in total. The fourth-order valence-electron chi connectivity index (χ4n) is 1.83. The maximum absolute atomic E-state index is 10.1. The van der Waals surface area contributed by atoms with Gasteiger partial charge in [-0.2, -0.15) is 0 Å². The monoisotopic (exact) mass is 365 g/mol. The Morgan fingerprint density at radius 2 is 1.00 bits per heavy atom. The predicted octanol–water partition coefficient (Wildman–Crippen LogP) is 4.96. The second-order valence-corrected chi connectivity index (χ2v) is 6.42. The van der Waals surface area contributed by atoms with Crippen LogP contribution in [0.2, 0.25) is 0 Å². The molecule has 137 valence electrons. The number of carboxylic acid groups (broad SMARTS) is 2. The molecule has 0 aliphatic heterocycles. The second kappa shape index (κ2) is 18.5. The maximum atomic E-state index is 10.1. The molecule has 0 spiro atoms. The first-order valence-electron chi connectivity index (χ1n) is 8.19. The van der Waals surface area contributed by atoms with Gasteiger partial charge in [0.2, 0.25) is 0 Å². The largest absolute Gasteiger partial charge is 0.481 e. The van der Waals surface area contributed by atoms with Gasteiger partial charge in [-0.25, -0.2) is 0 Å². The number of rotatable bonds is 11. The van der Waals surface area contributed by atoms with Crippen LogP contribution in [0, 0.1) is 11.8 Å². The minimum absolute atomic E-state index is 0. The Hall–Kier alpha value is -0.541. The third-order valence-corrected chi connectivity index (χ3v) is 3.09. The predicted molar refractivity (Wildman–Crippen MR) is 86.5 cm³/mol. The second-order valence-electron chi connectivity index (χ2n) is 6.42. The maximum Gasteiger partial charge on any atom is 0.303 e. The third kappa shape index (κ3) is 31.7. The zero-order chi connectivity index (χ0) is 16.7. The number of hydrogen-bond acceptors (Lipinski definition) is 2. The molecule has 0 saturated heterocycles. The van der Waals surface area contributed by atoms with Crippen LogP contribution in [-0.4, -0.2) is 22.2 Å². The summed E-state index contributed by atoms with van der Waals surface area (Å²) in [6.45, 7) is 8.69. The standard InChI is InChI=1S/C9H18O2.C8H16O2.Cu/c1-8(2)6-4-3-5-7-9(10)11;1-7(2)5-3-4-6-8(9)10;/h8H,3-7H2,1-2H3,(H,10,11);7H,3-6H2,1-2H3,(H,9,10);. The minimum atomic E-state index is -0.677. The van der Waals surface area contributed by atoms with Crippen LogP contribution in [0.25, 0.3) is 0 Å². The van der Waals surface area contributed by atoms with E-state index >= 15 is 0 Å². The number of carbonyl (C=O) groups is 2. The molecule has 0 heterocycles. The number of hydrogen-bond donors (Lipinski definition) is 2. The van der Waals surface area contributed by atoms with Crippen molar-refractivity contribution in [3.8, 4) is 0 Å². The van der Waals surface area contributed by atoms with Gasteiger partial charge in [-0.3, -0.25) is 9.59 Å². The van der Waals surface area contributed by atoms with E-state index in [4.69, 9.17) is 10.2 Å². The van der Waals surface area contributed by atoms with Gasteiger partial charge in [0.05, 0.1) is 0 Å². The van der Waals surface area contributed by atoms with Crippen molar-refractivity contribution in [1.82, 2.24) is 0 Å². The van der Waals surface area contributed by atoms with E-state index in [1.165, 1.54) is 12.8 Å².